The molecule has 1 saturated carbocycles. The number of rotatable bonds is 7. The van der Waals surface area contributed by atoms with Crippen LogP contribution in [0.4, 0.5) is 9.18 Å². The van der Waals surface area contributed by atoms with Gasteiger partial charge < -0.3 is 20.3 Å². The smallest absolute Gasteiger partial charge is 0.318 e. The van der Waals surface area contributed by atoms with Crippen LogP contribution in [0.25, 0.3) is 0 Å². The first-order chi connectivity index (χ1) is 18.3. The highest BCUT2D eigenvalue weighted by molar-refractivity contribution is 6.42. The third-order valence-electron chi connectivity index (χ3n) is 7.22. The van der Waals surface area contributed by atoms with Gasteiger partial charge in [-0.05, 0) is 61.6 Å². The molecule has 3 atom stereocenters. The van der Waals surface area contributed by atoms with Gasteiger partial charge in [0.1, 0.15) is 11.9 Å². The van der Waals surface area contributed by atoms with Crippen molar-refractivity contribution < 1.29 is 23.5 Å². The minimum atomic E-state index is -0.937. The molecule has 1 saturated heterocycles. The average molecular weight is 564 g/mol. The van der Waals surface area contributed by atoms with Crippen molar-refractivity contribution in [2.75, 3.05) is 6.61 Å². The molecule has 2 aromatic carbocycles. The number of carbonyl (C=O) groups is 3. The Bertz CT molecular complexity index is 1160. The zero-order valence-electron chi connectivity index (χ0n) is 21.2. The maximum Gasteiger partial charge on any atom is 0.318 e. The molecule has 1 aliphatic heterocycles. The van der Waals surface area contributed by atoms with Crippen LogP contribution in [0.3, 0.4) is 0 Å². The van der Waals surface area contributed by atoms with Gasteiger partial charge >= 0.3 is 12.0 Å². The Balaban J connectivity index is 1.66. The molecule has 204 valence electrons. The van der Waals surface area contributed by atoms with Crippen LogP contribution in [0.2, 0.25) is 10.0 Å². The fraction of sp³-hybridized carbons (Fsp3) is 0.464. The van der Waals surface area contributed by atoms with Gasteiger partial charge in [0.2, 0.25) is 5.91 Å². The maximum atomic E-state index is 13.8. The van der Waals surface area contributed by atoms with Crippen molar-refractivity contribution in [3.8, 4) is 0 Å². The normalized spacial score (nSPS) is 21.7. The van der Waals surface area contributed by atoms with E-state index in [-0.39, 0.29) is 36.5 Å². The van der Waals surface area contributed by atoms with Crippen LogP contribution in [0.15, 0.2) is 42.5 Å². The van der Waals surface area contributed by atoms with E-state index in [4.69, 9.17) is 27.9 Å². The van der Waals surface area contributed by atoms with Crippen LogP contribution in [0, 0.1) is 11.7 Å². The summed E-state index contributed by atoms with van der Waals surface area (Å²) in [5, 5.41) is 6.57. The van der Waals surface area contributed by atoms with Gasteiger partial charge in [0.15, 0.2) is 0 Å². The van der Waals surface area contributed by atoms with Crippen molar-refractivity contribution in [2.45, 2.75) is 70.1 Å². The molecule has 2 fully saturated rings. The number of hydrogen-bond donors (Lipinski definition) is 2. The Labute approximate surface area is 232 Å². The summed E-state index contributed by atoms with van der Waals surface area (Å²) in [6.45, 7) is 2.02. The Hall–Kier alpha value is -2.84. The van der Waals surface area contributed by atoms with Gasteiger partial charge in [-0.15, -0.1) is 0 Å². The fourth-order valence-corrected chi connectivity index (χ4v) is 5.65. The number of urea groups is 1. The molecule has 0 aromatic heterocycles. The standard InChI is InChI=1S/C28H32Cl2FN3O4/c1-2-38-27(36)21-15-24(26(35)32-16-17-8-11-19(31)12-9-17)34(28(37)33-20-6-4-3-5-7-20)25(21)18-10-13-22(29)23(30)14-18/h8-14,20-21,24-25H,2-7,15-16H2,1H3,(H,32,35)(H,33,37). The van der Waals surface area contributed by atoms with E-state index in [0.717, 1.165) is 32.1 Å². The molecule has 3 unspecified atom stereocenters. The summed E-state index contributed by atoms with van der Waals surface area (Å²) in [5.74, 6) is -2.06. The molecule has 2 aromatic rings. The summed E-state index contributed by atoms with van der Waals surface area (Å²) in [6, 6.07) is 8.61. The molecule has 0 spiro atoms. The summed E-state index contributed by atoms with van der Waals surface area (Å²) < 4.78 is 18.7. The second kappa shape index (κ2) is 12.8. The number of hydrogen-bond acceptors (Lipinski definition) is 4. The van der Waals surface area contributed by atoms with E-state index < -0.39 is 35.9 Å². The van der Waals surface area contributed by atoms with E-state index in [1.54, 1.807) is 37.3 Å². The lowest BCUT2D eigenvalue weighted by Crippen LogP contribution is -2.52. The molecular weight excluding hydrogens is 532 g/mol. The van der Waals surface area contributed by atoms with Gasteiger partial charge in [-0.2, -0.15) is 0 Å². The van der Waals surface area contributed by atoms with Gasteiger partial charge in [-0.25, -0.2) is 9.18 Å². The van der Waals surface area contributed by atoms with Crippen molar-refractivity contribution in [1.29, 1.82) is 0 Å². The monoisotopic (exact) mass is 563 g/mol. The van der Waals surface area contributed by atoms with E-state index in [1.807, 2.05) is 0 Å². The van der Waals surface area contributed by atoms with E-state index in [9.17, 15) is 18.8 Å². The lowest BCUT2D eigenvalue weighted by Gasteiger charge is -2.33. The number of ether oxygens (including phenoxy) is 1. The Morgan fingerprint density at radius 3 is 2.39 bits per heavy atom. The number of esters is 1. The van der Waals surface area contributed by atoms with Crippen LogP contribution in [0.1, 0.15) is 62.6 Å². The van der Waals surface area contributed by atoms with Gasteiger partial charge in [-0.1, -0.05) is 60.7 Å². The Morgan fingerprint density at radius 1 is 1.03 bits per heavy atom. The van der Waals surface area contributed by atoms with Crippen molar-refractivity contribution >= 4 is 41.1 Å². The summed E-state index contributed by atoms with van der Waals surface area (Å²) in [4.78, 5) is 41.9. The second-order valence-electron chi connectivity index (χ2n) is 9.76. The molecule has 3 amide bonds. The minimum absolute atomic E-state index is 0.00437. The Kier molecular flexibility index (Phi) is 9.49. The molecule has 4 rings (SSSR count). The zero-order chi connectivity index (χ0) is 27.2. The van der Waals surface area contributed by atoms with Gasteiger partial charge in [-0.3, -0.25) is 9.59 Å². The second-order valence-corrected chi connectivity index (χ2v) is 10.6. The molecule has 38 heavy (non-hydrogen) atoms. The number of halogens is 3. The summed E-state index contributed by atoms with van der Waals surface area (Å²) in [6.07, 6.45) is 4.97. The third-order valence-corrected chi connectivity index (χ3v) is 7.96. The van der Waals surface area contributed by atoms with Crippen molar-refractivity contribution in [3.63, 3.8) is 0 Å². The Morgan fingerprint density at radius 2 is 1.74 bits per heavy atom. The average Bonchev–Trinajstić information content (AvgIpc) is 3.32. The first-order valence-corrected chi connectivity index (χ1v) is 13.8. The van der Waals surface area contributed by atoms with E-state index in [2.05, 4.69) is 10.6 Å². The number of nitrogens with one attached hydrogen (secondary N) is 2. The molecule has 0 radical (unpaired) electrons. The summed E-state index contributed by atoms with van der Waals surface area (Å²) in [5.41, 5.74) is 1.30. The number of amides is 3. The van der Waals surface area contributed by atoms with E-state index in [0.29, 0.717) is 16.1 Å². The van der Waals surface area contributed by atoms with Crippen LogP contribution < -0.4 is 10.6 Å². The van der Waals surface area contributed by atoms with Crippen LogP contribution >= 0.6 is 23.2 Å². The number of nitrogens with zero attached hydrogens (tertiary/aromatic N) is 1. The summed E-state index contributed by atoms with van der Waals surface area (Å²) >= 11 is 12.5. The fourth-order valence-electron chi connectivity index (χ4n) is 5.34. The third kappa shape index (κ3) is 6.59. The highest BCUT2D eigenvalue weighted by Gasteiger charge is 2.51. The van der Waals surface area contributed by atoms with Crippen molar-refractivity contribution in [3.05, 3.63) is 69.5 Å². The van der Waals surface area contributed by atoms with E-state index >= 15 is 0 Å². The number of benzene rings is 2. The first kappa shape index (κ1) is 28.2. The predicted molar refractivity (Wildman–Crippen MR) is 143 cm³/mol. The minimum Gasteiger partial charge on any atom is -0.466 e. The molecule has 2 aliphatic rings. The lowest BCUT2D eigenvalue weighted by atomic mass is 9.93. The molecule has 10 heteroatoms. The van der Waals surface area contributed by atoms with Gasteiger partial charge in [0.05, 0.1) is 28.6 Å². The molecule has 1 heterocycles. The van der Waals surface area contributed by atoms with Crippen molar-refractivity contribution in [2.24, 2.45) is 5.92 Å². The van der Waals surface area contributed by atoms with Gasteiger partial charge in [0, 0.05) is 12.6 Å². The number of carbonyl (C=O) groups excluding carboxylic acids is 3. The molecule has 7 nitrogen and oxygen atoms in total. The molecule has 2 N–H and O–H groups in total. The van der Waals surface area contributed by atoms with Gasteiger partial charge in [0.25, 0.3) is 0 Å². The molecular formula is C28H32Cl2FN3O4. The molecule has 0 bridgehead atoms. The lowest BCUT2D eigenvalue weighted by molar-refractivity contribution is -0.148. The highest BCUT2D eigenvalue weighted by atomic mass is 35.5. The van der Waals surface area contributed by atoms with Crippen LogP contribution in [-0.4, -0.2) is 41.5 Å². The van der Waals surface area contributed by atoms with Crippen LogP contribution in [-0.2, 0) is 20.9 Å². The zero-order valence-corrected chi connectivity index (χ0v) is 22.7. The highest BCUT2D eigenvalue weighted by Crippen LogP contribution is 2.43. The SMILES string of the molecule is CCOC(=O)C1CC(C(=O)NCc2ccc(F)cc2)N(C(=O)NC2CCCCC2)C1c1ccc(Cl)c(Cl)c1. The topological polar surface area (TPSA) is 87.7 Å². The molecule has 1 aliphatic carbocycles. The maximum absolute atomic E-state index is 13.8. The van der Waals surface area contributed by atoms with Crippen molar-refractivity contribution in [1.82, 2.24) is 15.5 Å². The van der Waals surface area contributed by atoms with Crippen LogP contribution in [0.5, 0.6) is 0 Å². The number of likely N-dealkylation sites (tertiary alicyclic amines) is 1. The first-order valence-electron chi connectivity index (χ1n) is 13.0. The summed E-state index contributed by atoms with van der Waals surface area (Å²) in [7, 11) is 0. The largest absolute Gasteiger partial charge is 0.466 e. The van der Waals surface area contributed by atoms with E-state index in [1.165, 1.54) is 17.0 Å². The quantitative estimate of drug-likeness (QED) is 0.417. The predicted octanol–water partition coefficient (Wildman–Crippen LogP) is 5.79.